The molecule has 6 heteroatoms. The maximum atomic E-state index is 12.7. The summed E-state index contributed by atoms with van der Waals surface area (Å²) in [5.41, 5.74) is 6.36. The molecular formula is C14H21ClN2O2S. The smallest absolute Gasteiger partial charge is 0.244 e. The van der Waals surface area contributed by atoms with Gasteiger partial charge in [-0.15, -0.1) is 0 Å². The minimum absolute atomic E-state index is 0.180. The molecule has 0 aliphatic carbocycles. The average molecular weight is 317 g/mol. The first kappa shape index (κ1) is 15.8. The first-order chi connectivity index (χ1) is 9.48. The fourth-order valence-corrected chi connectivity index (χ4v) is 4.67. The van der Waals surface area contributed by atoms with Crippen molar-refractivity contribution in [1.29, 1.82) is 0 Å². The second-order valence-electron chi connectivity index (χ2n) is 5.25. The highest BCUT2D eigenvalue weighted by atomic mass is 35.5. The summed E-state index contributed by atoms with van der Waals surface area (Å²) in [5.74, 6) is 0.440. The van der Waals surface area contributed by atoms with Gasteiger partial charge in [-0.1, -0.05) is 31.0 Å². The highest BCUT2D eigenvalue weighted by Gasteiger charge is 2.31. The quantitative estimate of drug-likeness (QED) is 0.928. The van der Waals surface area contributed by atoms with E-state index in [0.29, 0.717) is 25.6 Å². The number of nitrogens with zero attached hydrogens (tertiary/aromatic N) is 1. The van der Waals surface area contributed by atoms with E-state index in [0.717, 1.165) is 24.8 Å². The van der Waals surface area contributed by atoms with Gasteiger partial charge in [0.1, 0.15) is 4.90 Å². The van der Waals surface area contributed by atoms with Crippen molar-refractivity contribution in [3.8, 4) is 0 Å². The third-order valence-electron chi connectivity index (χ3n) is 3.91. The molecule has 112 valence electrons. The van der Waals surface area contributed by atoms with E-state index in [-0.39, 0.29) is 9.92 Å². The molecule has 0 bridgehead atoms. The summed E-state index contributed by atoms with van der Waals surface area (Å²) in [7, 11) is -3.52. The Balaban J connectivity index is 2.34. The van der Waals surface area contributed by atoms with Crippen molar-refractivity contribution in [3.05, 3.63) is 28.8 Å². The molecule has 1 aliphatic rings. The van der Waals surface area contributed by atoms with Crippen LogP contribution in [0.25, 0.3) is 0 Å². The van der Waals surface area contributed by atoms with E-state index in [1.165, 1.54) is 0 Å². The summed E-state index contributed by atoms with van der Waals surface area (Å²) in [6, 6.07) is 4.96. The van der Waals surface area contributed by atoms with Gasteiger partial charge < -0.3 is 5.73 Å². The molecule has 2 N–H and O–H groups in total. The van der Waals surface area contributed by atoms with Crippen LogP contribution >= 0.6 is 11.6 Å². The van der Waals surface area contributed by atoms with E-state index in [4.69, 9.17) is 17.3 Å². The van der Waals surface area contributed by atoms with Gasteiger partial charge >= 0.3 is 0 Å². The van der Waals surface area contributed by atoms with Crippen LogP contribution in [0.3, 0.4) is 0 Å². The Morgan fingerprint density at radius 2 is 2.20 bits per heavy atom. The summed E-state index contributed by atoms with van der Waals surface area (Å²) < 4.78 is 27.0. The van der Waals surface area contributed by atoms with Crippen molar-refractivity contribution in [2.75, 3.05) is 13.1 Å². The number of hydrogen-bond acceptors (Lipinski definition) is 3. The van der Waals surface area contributed by atoms with E-state index < -0.39 is 10.0 Å². The molecule has 1 atom stereocenters. The molecule has 0 spiro atoms. The van der Waals surface area contributed by atoms with E-state index >= 15 is 0 Å². The number of nitrogens with two attached hydrogens (primary N) is 1. The molecule has 20 heavy (non-hydrogen) atoms. The first-order valence-corrected chi connectivity index (χ1v) is 8.79. The van der Waals surface area contributed by atoms with Crippen molar-refractivity contribution >= 4 is 21.6 Å². The predicted molar refractivity (Wildman–Crippen MR) is 81.1 cm³/mol. The number of rotatable bonds is 4. The monoisotopic (exact) mass is 316 g/mol. The minimum atomic E-state index is -3.52. The number of halogens is 1. The summed E-state index contributed by atoms with van der Waals surface area (Å²) in [4.78, 5) is 0.180. The molecule has 1 heterocycles. The lowest BCUT2D eigenvalue weighted by Gasteiger charge is -2.31. The van der Waals surface area contributed by atoms with Gasteiger partial charge in [0, 0.05) is 19.6 Å². The molecule has 0 amide bonds. The van der Waals surface area contributed by atoms with Gasteiger partial charge in [0.15, 0.2) is 0 Å². The van der Waals surface area contributed by atoms with Crippen molar-refractivity contribution in [2.24, 2.45) is 11.7 Å². The molecule has 0 radical (unpaired) electrons. The van der Waals surface area contributed by atoms with Crippen LogP contribution in [-0.4, -0.2) is 25.8 Å². The molecule has 0 aromatic heterocycles. The van der Waals surface area contributed by atoms with Gasteiger partial charge in [-0.05, 0) is 36.5 Å². The molecule has 1 unspecified atom stereocenters. The lowest BCUT2D eigenvalue weighted by atomic mass is 9.97. The summed E-state index contributed by atoms with van der Waals surface area (Å²) in [5, 5.41) is 0.265. The van der Waals surface area contributed by atoms with Crippen LogP contribution in [0.15, 0.2) is 23.1 Å². The minimum Gasteiger partial charge on any atom is -0.326 e. The Morgan fingerprint density at radius 1 is 1.45 bits per heavy atom. The zero-order valence-electron chi connectivity index (χ0n) is 11.7. The third kappa shape index (κ3) is 3.17. The number of benzene rings is 1. The molecule has 1 aromatic carbocycles. The van der Waals surface area contributed by atoms with Gasteiger partial charge in [-0.2, -0.15) is 4.31 Å². The Kier molecular flexibility index (Phi) is 5.07. The zero-order chi connectivity index (χ0) is 14.8. The molecule has 1 aromatic rings. The zero-order valence-corrected chi connectivity index (χ0v) is 13.3. The van der Waals surface area contributed by atoms with Crippen LogP contribution in [0.4, 0.5) is 0 Å². The highest BCUT2D eigenvalue weighted by Crippen LogP contribution is 2.29. The van der Waals surface area contributed by atoms with Crippen LogP contribution in [0.5, 0.6) is 0 Å². The van der Waals surface area contributed by atoms with Crippen molar-refractivity contribution in [2.45, 2.75) is 37.6 Å². The Hall–Kier alpha value is -0.620. The number of piperidine rings is 1. The fourth-order valence-electron chi connectivity index (χ4n) is 2.59. The fraction of sp³-hybridized carbons (Fsp3) is 0.571. The lowest BCUT2D eigenvalue weighted by molar-refractivity contribution is 0.261. The maximum Gasteiger partial charge on any atom is 0.244 e. The van der Waals surface area contributed by atoms with Gasteiger partial charge in [-0.25, -0.2) is 8.42 Å². The Morgan fingerprint density at radius 3 is 2.85 bits per heavy atom. The van der Waals surface area contributed by atoms with Crippen molar-refractivity contribution in [1.82, 2.24) is 4.31 Å². The first-order valence-electron chi connectivity index (χ1n) is 6.97. The second kappa shape index (κ2) is 6.43. The number of hydrogen-bond donors (Lipinski definition) is 1. The molecule has 4 nitrogen and oxygen atoms in total. The van der Waals surface area contributed by atoms with E-state index in [1.807, 2.05) is 0 Å². The van der Waals surface area contributed by atoms with Gasteiger partial charge in [0.2, 0.25) is 10.0 Å². The summed E-state index contributed by atoms with van der Waals surface area (Å²) in [6.07, 6.45) is 3.01. The third-order valence-corrected chi connectivity index (χ3v) is 6.25. The standard InChI is InChI=1S/C14H21ClN2O2S/c1-2-11-4-3-7-17(10-11)20(18,19)14-8-12(9-16)5-6-13(14)15/h5-6,8,11H,2-4,7,9-10,16H2,1H3. The van der Waals surface area contributed by atoms with E-state index in [2.05, 4.69) is 6.92 Å². The van der Waals surface area contributed by atoms with Crippen LogP contribution in [0.2, 0.25) is 5.02 Å². The maximum absolute atomic E-state index is 12.7. The van der Waals surface area contributed by atoms with Crippen LogP contribution < -0.4 is 5.73 Å². The molecule has 1 fully saturated rings. The molecule has 2 rings (SSSR count). The van der Waals surface area contributed by atoms with Crippen LogP contribution in [0, 0.1) is 5.92 Å². The van der Waals surface area contributed by atoms with Crippen molar-refractivity contribution in [3.63, 3.8) is 0 Å². The van der Waals surface area contributed by atoms with Crippen LogP contribution in [-0.2, 0) is 16.6 Å². The SMILES string of the molecule is CCC1CCCN(S(=O)(=O)c2cc(CN)ccc2Cl)C1. The van der Waals surface area contributed by atoms with E-state index in [1.54, 1.807) is 22.5 Å². The Labute approximate surface area is 126 Å². The molecule has 1 saturated heterocycles. The normalized spacial score (nSPS) is 21.1. The summed E-state index contributed by atoms with van der Waals surface area (Å²) in [6.45, 7) is 3.56. The Bertz CT molecular complexity index is 575. The highest BCUT2D eigenvalue weighted by molar-refractivity contribution is 7.89. The predicted octanol–water partition coefficient (Wildman–Crippen LogP) is 2.61. The summed E-state index contributed by atoms with van der Waals surface area (Å²) >= 11 is 6.08. The second-order valence-corrected chi connectivity index (χ2v) is 7.56. The topological polar surface area (TPSA) is 63.4 Å². The van der Waals surface area contributed by atoms with E-state index in [9.17, 15) is 8.42 Å². The lowest BCUT2D eigenvalue weighted by Crippen LogP contribution is -2.39. The largest absolute Gasteiger partial charge is 0.326 e. The van der Waals surface area contributed by atoms with Gasteiger partial charge in [0.05, 0.1) is 5.02 Å². The average Bonchev–Trinajstić information content (AvgIpc) is 2.47. The molecular weight excluding hydrogens is 296 g/mol. The van der Waals surface area contributed by atoms with Gasteiger partial charge in [0.25, 0.3) is 0 Å². The van der Waals surface area contributed by atoms with Crippen LogP contribution in [0.1, 0.15) is 31.7 Å². The molecule has 0 saturated carbocycles. The number of sulfonamides is 1. The molecule has 1 aliphatic heterocycles. The van der Waals surface area contributed by atoms with Crippen molar-refractivity contribution < 1.29 is 8.42 Å². The van der Waals surface area contributed by atoms with Gasteiger partial charge in [-0.3, -0.25) is 0 Å².